The fourth-order valence-corrected chi connectivity index (χ4v) is 1.61. The Morgan fingerprint density at radius 3 is 2.29 bits per heavy atom. The van der Waals surface area contributed by atoms with Gasteiger partial charge in [0.15, 0.2) is 17.0 Å². The molecule has 0 saturated carbocycles. The Hall–Kier alpha value is -1.34. The standard InChI is InChI=1S/C7H5F2NO3S/c8-5-2-1-4(3-11)6(9)7(5)14(10,12)13/h1-3H,(H2,10,12,13). The molecule has 0 aliphatic carbocycles. The molecule has 0 unspecified atom stereocenters. The Morgan fingerprint density at radius 1 is 1.29 bits per heavy atom. The molecule has 76 valence electrons. The maximum Gasteiger partial charge on any atom is 0.243 e. The average molecular weight is 221 g/mol. The summed E-state index contributed by atoms with van der Waals surface area (Å²) in [5.74, 6) is -2.79. The molecule has 0 aliphatic rings. The number of aldehydes is 1. The van der Waals surface area contributed by atoms with Gasteiger partial charge >= 0.3 is 0 Å². The number of sulfonamides is 1. The first-order chi connectivity index (χ1) is 6.38. The van der Waals surface area contributed by atoms with Gasteiger partial charge in [-0.2, -0.15) is 0 Å². The van der Waals surface area contributed by atoms with Crippen LogP contribution in [0, 0.1) is 11.6 Å². The van der Waals surface area contributed by atoms with Crippen LogP contribution in [0.1, 0.15) is 10.4 Å². The number of rotatable bonds is 2. The van der Waals surface area contributed by atoms with Gasteiger partial charge in [-0.05, 0) is 12.1 Å². The highest BCUT2D eigenvalue weighted by molar-refractivity contribution is 7.89. The molecule has 1 aromatic carbocycles. The van der Waals surface area contributed by atoms with E-state index in [2.05, 4.69) is 5.14 Å². The predicted octanol–water partition coefficient (Wildman–Crippen LogP) is 0.425. The van der Waals surface area contributed by atoms with Gasteiger partial charge in [-0.15, -0.1) is 0 Å². The van der Waals surface area contributed by atoms with E-state index in [1.807, 2.05) is 0 Å². The van der Waals surface area contributed by atoms with Gasteiger partial charge in [-0.1, -0.05) is 0 Å². The van der Waals surface area contributed by atoms with Gasteiger partial charge < -0.3 is 0 Å². The van der Waals surface area contributed by atoms with Gasteiger partial charge in [0, 0.05) is 0 Å². The van der Waals surface area contributed by atoms with E-state index in [1.165, 1.54) is 0 Å². The molecule has 0 bridgehead atoms. The first kappa shape index (κ1) is 10.7. The van der Waals surface area contributed by atoms with Crippen LogP contribution in [0.4, 0.5) is 8.78 Å². The lowest BCUT2D eigenvalue weighted by Gasteiger charge is -2.03. The lowest BCUT2D eigenvalue weighted by atomic mass is 10.2. The van der Waals surface area contributed by atoms with Crippen LogP contribution in [0.3, 0.4) is 0 Å². The molecule has 0 radical (unpaired) electrons. The minimum absolute atomic E-state index is 0.0729. The van der Waals surface area contributed by atoms with E-state index in [-0.39, 0.29) is 6.29 Å². The van der Waals surface area contributed by atoms with Crippen molar-refractivity contribution in [3.63, 3.8) is 0 Å². The Morgan fingerprint density at radius 2 is 1.86 bits per heavy atom. The van der Waals surface area contributed by atoms with Crippen molar-refractivity contribution in [1.82, 2.24) is 0 Å². The maximum absolute atomic E-state index is 13.1. The minimum atomic E-state index is -4.51. The SMILES string of the molecule is NS(=O)(=O)c1c(F)ccc(C=O)c1F. The molecule has 1 rings (SSSR count). The third-order valence-corrected chi connectivity index (χ3v) is 2.43. The Bertz CT molecular complexity index is 484. The number of carbonyl (C=O) groups is 1. The fraction of sp³-hybridized carbons (Fsp3) is 0. The molecule has 0 aromatic heterocycles. The molecule has 0 amide bonds. The smallest absolute Gasteiger partial charge is 0.243 e. The number of hydrogen-bond acceptors (Lipinski definition) is 3. The van der Waals surface area contributed by atoms with Crippen molar-refractivity contribution in [3.05, 3.63) is 29.3 Å². The van der Waals surface area contributed by atoms with Crippen molar-refractivity contribution >= 4 is 16.3 Å². The molecule has 0 saturated heterocycles. The second-order valence-corrected chi connectivity index (χ2v) is 3.94. The molecule has 0 heterocycles. The molecule has 1 aromatic rings. The number of nitrogens with two attached hydrogens (primary N) is 1. The van der Waals surface area contributed by atoms with Gasteiger partial charge in [0.05, 0.1) is 5.56 Å². The van der Waals surface area contributed by atoms with Crippen molar-refractivity contribution in [2.75, 3.05) is 0 Å². The van der Waals surface area contributed by atoms with Gasteiger partial charge in [0.2, 0.25) is 10.0 Å². The summed E-state index contributed by atoms with van der Waals surface area (Å²) in [6.45, 7) is 0. The van der Waals surface area contributed by atoms with Gasteiger partial charge in [-0.3, -0.25) is 4.79 Å². The number of hydrogen-bond donors (Lipinski definition) is 1. The van der Waals surface area contributed by atoms with Crippen LogP contribution in [0.2, 0.25) is 0 Å². The van der Waals surface area contributed by atoms with Gasteiger partial charge in [-0.25, -0.2) is 22.3 Å². The lowest BCUT2D eigenvalue weighted by molar-refractivity contribution is 0.111. The second kappa shape index (κ2) is 3.43. The topological polar surface area (TPSA) is 77.2 Å². The highest BCUT2D eigenvalue weighted by Gasteiger charge is 2.22. The molecule has 14 heavy (non-hydrogen) atoms. The minimum Gasteiger partial charge on any atom is -0.298 e. The third kappa shape index (κ3) is 1.78. The molecule has 0 spiro atoms. The zero-order valence-corrected chi connectivity index (χ0v) is 7.51. The third-order valence-electron chi connectivity index (χ3n) is 1.49. The van der Waals surface area contributed by atoms with E-state index in [9.17, 15) is 22.0 Å². The van der Waals surface area contributed by atoms with Crippen molar-refractivity contribution in [2.24, 2.45) is 5.14 Å². The highest BCUT2D eigenvalue weighted by Crippen LogP contribution is 2.19. The van der Waals surface area contributed by atoms with Crippen LogP contribution in [0.25, 0.3) is 0 Å². The quantitative estimate of drug-likeness (QED) is 0.735. The number of primary sulfonamides is 1. The first-order valence-electron chi connectivity index (χ1n) is 3.34. The van der Waals surface area contributed by atoms with E-state index < -0.39 is 32.1 Å². The summed E-state index contributed by atoms with van der Waals surface area (Å²) in [7, 11) is -4.51. The monoisotopic (exact) mass is 221 g/mol. The molecule has 0 aliphatic heterocycles. The zero-order valence-electron chi connectivity index (χ0n) is 6.70. The first-order valence-corrected chi connectivity index (χ1v) is 4.88. The molecule has 4 nitrogen and oxygen atoms in total. The lowest BCUT2D eigenvalue weighted by Crippen LogP contribution is -2.17. The van der Waals surface area contributed by atoms with Crippen LogP contribution in [-0.4, -0.2) is 14.7 Å². The summed E-state index contributed by atoms with van der Waals surface area (Å²) in [5, 5.41) is 4.56. The van der Waals surface area contributed by atoms with Crippen LogP contribution in [0.5, 0.6) is 0 Å². The van der Waals surface area contributed by atoms with Gasteiger partial charge in [0.1, 0.15) is 5.82 Å². The largest absolute Gasteiger partial charge is 0.298 e. The molecular weight excluding hydrogens is 216 g/mol. The summed E-state index contributed by atoms with van der Waals surface area (Å²) in [4.78, 5) is 8.93. The summed E-state index contributed by atoms with van der Waals surface area (Å²) in [5.41, 5.74) is -0.560. The summed E-state index contributed by atoms with van der Waals surface area (Å²) >= 11 is 0. The van der Waals surface area contributed by atoms with Crippen LogP contribution in [0.15, 0.2) is 17.0 Å². The van der Waals surface area contributed by atoms with Crippen LogP contribution >= 0.6 is 0 Å². The van der Waals surface area contributed by atoms with E-state index in [4.69, 9.17) is 0 Å². The Labute approximate surface area is 78.4 Å². The van der Waals surface area contributed by atoms with E-state index in [0.29, 0.717) is 6.07 Å². The van der Waals surface area contributed by atoms with E-state index in [0.717, 1.165) is 6.07 Å². The predicted molar refractivity (Wildman–Crippen MR) is 43.1 cm³/mol. The summed E-state index contributed by atoms with van der Waals surface area (Å²) < 4.78 is 47.4. The second-order valence-electron chi connectivity index (χ2n) is 2.44. The van der Waals surface area contributed by atoms with Crippen LogP contribution in [-0.2, 0) is 10.0 Å². The van der Waals surface area contributed by atoms with Gasteiger partial charge in [0.25, 0.3) is 0 Å². The molecule has 0 atom stereocenters. The van der Waals surface area contributed by atoms with E-state index >= 15 is 0 Å². The normalized spacial score (nSPS) is 11.4. The number of benzene rings is 1. The van der Waals surface area contributed by atoms with Crippen molar-refractivity contribution < 1.29 is 22.0 Å². The zero-order chi connectivity index (χ0) is 10.9. The Kier molecular flexibility index (Phi) is 2.63. The average Bonchev–Trinajstić information content (AvgIpc) is 2.02. The summed E-state index contributed by atoms with van der Waals surface area (Å²) in [6, 6.07) is 1.49. The molecule has 7 heteroatoms. The fourth-order valence-electron chi connectivity index (χ4n) is 0.900. The van der Waals surface area contributed by atoms with Crippen molar-refractivity contribution in [1.29, 1.82) is 0 Å². The maximum atomic E-state index is 13.1. The summed E-state index contributed by atoms with van der Waals surface area (Å²) in [6.07, 6.45) is 0.0729. The number of carbonyl (C=O) groups excluding carboxylic acids is 1. The van der Waals surface area contributed by atoms with Crippen molar-refractivity contribution in [3.8, 4) is 0 Å². The van der Waals surface area contributed by atoms with Crippen molar-refractivity contribution in [2.45, 2.75) is 4.90 Å². The van der Waals surface area contributed by atoms with Crippen LogP contribution < -0.4 is 5.14 Å². The molecular formula is C7H5F2NO3S. The Balaban J connectivity index is 3.65. The number of halogens is 2. The molecule has 2 N–H and O–H groups in total. The highest BCUT2D eigenvalue weighted by atomic mass is 32.2. The van der Waals surface area contributed by atoms with E-state index in [1.54, 1.807) is 0 Å². The molecule has 0 fully saturated rings.